The van der Waals surface area contributed by atoms with E-state index >= 15 is 0 Å². The normalized spacial score (nSPS) is 12.9. The third-order valence-corrected chi connectivity index (χ3v) is 13.7. The van der Waals surface area contributed by atoms with Gasteiger partial charge < -0.3 is 14.2 Å². The number of rotatable bonds is 58. The minimum Gasteiger partial charge on any atom is -0.462 e. The Morgan fingerprint density at radius 2 is 0.500 bits per heavy atom. The lowest BCUT2D eigenvalue weighted by atomic mass is 10.0. The summed E-state index contributed by atoms with van der Waals surface area (Å²) in [7, 11) is 0. The van der Waals surface area contributed by atoms with Crippen molar-refractivity contribution in [3.63, 3.8) is 0 Å². The van der Waals surface area contributed by atoms with E-state index in [1.807, 2.05) is 0 Å². The van der Waals surface area contributed by atoms with Gasteiger partial charge in [0.15, 0.2) is 6.10 Å². The molecule has 0 aromatic heterocycles. The van der Waals surface area contributed by atoms with Gasteiger partial charge in [-0.25, -0.2) is 0 Å². The van der Waals surface area contributed by atoms with Crippen LogP contribution in [0.3, 0.4) is 0 Å². The molecule has 0 aliphatic carbocycles. The number of carbonyl (C=O) groups is 3. The largest absolute Gasteiger partial charge is 0.462 e. The smallest absolute Gasteiger partial charge is 0.306 e. The van der Waals surface area contributed by atoms with E-state index in [0.29, 0.717) is 19.3 Å². The van der Waals surface area contributed by atoms with E-state index in [-0.39, 0.29) is 31.1 Å². The first kappa shape index (κ1) is 73.8. The molecule has 0 aliphatic rings. The average Bonchev–Trinajstić information content (AvgIpc) is 3.44. The van der Waals surface area contributed by atoms with Gasteiger partial charge in [0.25, 0.3) is 0 Å². The Hall–Kier alpha value is -4.19. The lowest BCUT2D eigenvalue weighted by Crippen LogP contribution is -2.30. The maximum absolute atomic E-state index is 12.9. The molecule has 0 amide bonds. The first-order chi connectivity index (χ1) is 38.5. The summed E-state index contributed by atoms with van der Waals surface area (Å²) >= 11 is 0. The summed E-state index contributed by atoms with van der Waals surface area (Å²) in [5.41, 5.74) is 0. The Morgan fingerprint density at radius 3 is 0.782 bits per heavy atom. The Kier molecular flexibility index (Phi) is 61.8. The van der Waals surface area contributed by atoms with Gasteiger partial charge in [0.1, 0.15) is 13.2 Å². The van der Waals surface area contributed by atoms with Crippen LogP contribution in [0.15, 0.2) is 122 Å². The second-order valence-corrected chi connectivity index (χ2v) is 21.3. The zero-order chi connectivity index (χ0) is 56.4. The maximum Gasteiger partial charge on any atom is 0.306 e. The molecule has 0 N–H and O–H groups in total. The van der Waals surface area contributed by atoms with Crippen LogP contribution in [0.2, 0.25) is 0 Å². The van der Waals surface area contributed by atoms with Crippen molar-refractivity contribution >= 4 is 17.9 Å². The summed E-state index contributed by atoms with van der Waals surface area (Å²) in [6, 6.07) is 0. The molecule has 6 heteroatoms. The summed E-state index contributed by atoms with van der Waals surface area (Å²) in [5, 5.41) is 0. The second kappa shape index (κ2) is 65.3. The third kappa shape index (κ3) is 62.7. The summed E-state index contributed by atoms with van der Waals surface area (Å²) in [4.78, 5) is 38.3. The van der Waals surface area contributed by atoms with Gasteiger partial charge in [0.05, 0.1) is 0 Å². The van der Waals surface area contributed by atoms with Crippen molar-refractivity contribution in [2.75, 3.05) is 13.2 Å². The quantitative estimate of drug-likeness (QED) is 0.0261. The van der Waals surface area contributed by atoms with Crippen molar-refractivity contribution in [3.8, 4) is 0 Å². The molecule has 1 atom stereocenters. The first-order valence-corrected chi connectivity index (χ1v) is 32.5. The SMILES string of the molecule is CC/C=C\C/C=C\C/C=C\C/C=C\C/C=C\C/C=C\CCCCCCCCCCC(=O)OCC(COC(=O)CCCCCCCCCCCC)OC(=O)CCCCCCCCCCCC/C=C\C/C=C\C/C=C\C/C=C\CC. The van der Waals surface area contributed by atoms with Gasteiger partial charge in [-0.3, -0.25) is 14.4 Å². The fourth-order valence-electron chi connectivity index (χ4n) is 8.91. The van der Waals surface area contributed by atoms with Crippen molar-refractivity contribution in [1.29, 1.82) is 0 Å². The topological polar surface area (TPSA) is 78.9 Å². The van der Waals surface area contributed by atoms with Crippen molar-refractivity contribution in [2.45, 2.75) is 303 Å². The summed E-state index contributed by atoms with van der Waals surface area (Å²) in [6.07, 6.45) is 90.6. The Bertz CT molecular complexity index is 1620. The van der Waals surface area contributed by atoms with Gasteiger partial charge in [0.2, 0.25) is 0 Å². The third-order valence-electron chi connectivity index (χ3n) is 13.7. The zero-order valence-electron chi connectivity index (χ0n) is 50.9. The van der Waals surface area contributed by atoms with E-state index in [4.69, 9.17) is 14.2 Å². The molecule has 78 heavy (non-hydrogen) atoms. The molecule has 0 radical (unpaired) electrons. The van der Waals surface area contributed by atoms with E-state index in [9.17, 15) is 14.4 Å². The van der Waals surface area contributed by atoms with Gasteiger partial charge in [-0.05, 0) is 109 Å². The monoisotopic (exact) mass is 1080 g/mol. The van der Waals surface area contributed by atoms with E-state index in [1.54, 1.807) is 0 Å². The molecule has 0 saturated heterocycles. The molecule has 0 aromatic carbocycles. The Balaban J connectivity index is 4.28. The number of allylic oxidation sites excluding steroid dienone is 20. The molecule has 0 aliphatic heterocycles. The number of hydrogen-bond donors (Lipinski definition) is 0. The highest BCUT2D eigenvalue weighted by molar-refractivity contribution is 5.71. The van der Waals surface area contributed by atoms with Crippen LogP contribution in [-0.2, 0) is 28.6 Å². The van der Waals surface area contributed by atoms with Gasteiger partial charge in [-0.2, -0.15) is 0 Å². The van der Waals surface area contributed by atoms with Crippen LogP contribution in [0, 0.1) is 0 Å². The van der Waals surface area contributed by atoms with Crippen LogP contribution in [0.25, 0.3) is 0 Å². The number of esters is 3. The van der Waals surface area contributed by atoms with Crippen LogP contribution in [0.5, 0.6) is 0 Å². The van der Waals surface area contributed by atoms with Crippen molar-refractivity contribution in [3.05, 3.63) is 122 Å². The van der Waals surface area contributed by atoms with Gasteiger partial charge in [-0.1, -0.05) is 290 Å². The summed E-state index contributed by atoms with van der Waals surface area (Å²) < 4.78 is 16.9. The van der Waals surface area contributed by atoms with Gasteiger partial charge >= 0.3 is 17.9 Å². The van der Waals surface area contributed by atoms with E-state index in [0.717, 1.165) is 128 Å². The fourth-order valence-corrected chi connectivity index (χ4v) is 8.91. The standard InChI is InChI=1S/C72H120O6/c1-4-7-10-13-16-19-22-24-26-28-30-32-34-35-36-37-39-40-42-44-46-48-50-53-56-59-62-65-71(74)77-68-69(67-76-70(73)64-61-58-55-52-21-18-15-12-9-6-3)78-72(75)66-63-60-57-54-51-49-47-45-43-41-38-33-31-29-27-25-23-20-17-14-11-8-5-2/h7-8,10-11,16-17,19-20,24-27,30-33,35-36,39-40,69H,4-6,9,12-15,18,21-23,28-29,34,37-38,41-68H2,1-3H3/b10-7-,11-8-,19-16-,20-17-,26-24-,27-25-,32-30-,33-31-,36-35-,40-39-. The Labute approximate surface area is 482 Å². The molecule has 0 fully saturated rings. The lowest BCUT2D eigenvalue weighted by molar-refractivity contribution is -0.167. The maximum atomic E-state index is 12.9. The van der Waals surface area contributed by atoms with Crippen molar-refractivity contribution in [2.24, 2.45) is 0 Å². The predicted octanol–water partition coefficient (Wildman–Crippen LogP) is 22.4. The average molecular weight is 1080 g/mol. The van der Waals surface area contributed by atoms with Crippen LogP contribution >= 0.6 is 0 Å². The molecular formula is C72H120O6. The van der Waals surface area contributed by atoms with Crippen LogP contribution in [-0.4, -0.2) is 37.2 Å². The number of carbonyl (C=O) groups excluding carboxylic acids is 3. The van der Waals surface area contributed by atoms with Crippen LogP contribution in [0.1, 0.15) is 297 Å². The summed E-state index contributed by atoms with van der Waals surface area (Å²) in [6.45, 7) is 6.41. The highest BCUT2D eigenvalue weighted by atomic mass is 16.6. The van der Waals surface area contributed by atoms with E-state index < -0.39 is 6.10 Å². The highest BCUT2D eigenvalue weighted by Crippen LogP contribution is 2.16. The Morgan fingerprint density at radius 1 is 0.269 bits per heavy atom. The van der Waals surface area contributed by atoms with Gasteiger partial charge in [-0.15, -0.1) is 0 Å². The van der Waals surface area contributed by atoms with Crippen LogP contribution < -0.4 is 0 Å². The predicted molar refractivity (Wildman–Crippen MR) is 339 cm³/mol. The second-order valence-electron chi connectivity index (χ2n) is 21.3. The molecule has 6 nitrogen and oxygen atoms in total. The zero-order valence-corrected chi connectivity index (χ0v) is 50.9. The molecule has 0 aromatic rings. The number of ether oxygens (including phenoxy) is 3. The lowest BCUT2D eigenvalue weighted by Gasteiger charge is -2.18. The number of unbranched alkanes of at least 4 members (excludes halogenated alkanes) is 27. The molecule has 0 rings (SSSR count). The number of hydrogen-bond acceptors (Lipinski definition) is 6. The van der Waals surface area contributed by atoms with Gasteiger partial charge in [0, 0.05) is 19.3 Å². The molecule has 0 spiro atoms. The van der Waals surface area contributed by atoms with Crippen molar-refractivity contribution in [1.82, 2.24) is 0 Å². The van der Waals surface area contributed by atoms with E-state index in [1.165, 1.54) is 128 Å². The molecule has 444 valence electrons. The van der Waals surface area contributed by atoms with Crippen molar-refractivity contribution < 1.29 is 28.6 Å². The fraction of sp³-hybridized carbons (Fsp3) is 0.681. The molecule has 0 saturated carbocycles. The highest BCUT2D eigenvalue weighted by Gasteiger charge is 2.19. The first-order valence-electron chi connectivity index (χ1n) is 32.5. The molecule has 0 heterocycles. The van der Waals surface area contributed by atoms with E-state index in [2.05, 4.69) is 142 Å². The summed E-state index contributed by atoms with van der Waals surface area (Å²) in [5.74, 6) is -0.890. The molecular weight excluding hydrogens is 961 g/mol. The molecule has 1 unspecified atom stereocenters. The van der Waals surface area contributed by atoms with Crippen LogP contribution in [0.4, 0.5) is 0 Å². The molecule has 0 bridgehead atoms. The minimum absolute atomic E-state index is 0.0819. The minimum atomic E-state index is -0.786.